The summed E-state index contributed by atoms with van der Waals surface area (Å²) in [5, 5.41) is 2.86. The Hall–Kier alpha value is -2.01. The van der Waals surface area contributed by atoms with Crippen molar-refractivity contribution in [3.8, 4) is 0 Å². The summed E-state index contributed by atoms with van der Waals surface area (Å²) in [7, 11) is -4.34. The Morgan fingerprint density at radius 2 is 1.85 bits per heavy atom. The van der Waals surface area contributed by atoms with Crippen molar-refractivity contribution in [1.29, 1.82) is 0 Å². The van der Waals surface area contributed by atoms with E-state index in [0.29, 0.717) is 6.42 Å². The molecule has 0 spiro atoms. The summed E-state index contributed by atoms with van der Waals surface area (Å²) in [6, 6.07) is 6.13. The first-order valence-corrected chi connectivity index (χ1v) is 13.3. The molecule has 4 N–H and O–H groups in total. The summed E-state index contributed by atoms with van der Waals surface area (Å²) < 4.78 is 38.8. The van der Waals surface area contributed by atoms with Crippen molar-refractivity contribution in [2.75, 3.05) is 4.72 Å². The lowest BCUT2D eigenvalue weighted by Gasteiger charge is -2.33. The number of nitrogens with two attached hydrogens (primary N) is 1. The number of hydrogen-bond acceptors (Lipinski definition) is 7. The number of hydrogen-bond donors (Lipinski definition) is 3. The fourth-order valence-corrected chi connectivity index (χ4v) is 5.14. The summed E-state index contributed by atoms with van der Waals surface area (Å²) in [6.45, 7) is 11.5. The average molecular weight is 498 g/mol. The van der Waals surface area contributed by atoms with Crippen LogP contribution in [0.2, 0.25) is 0 Å². The quantitative estimate of drug-likeness (QED) is 0.331. The van der Waals surface area contributed by atoms with Gasteiger partial charge in [-0.15, -0.1) is 11.3 Å². The molecule has 0 radical (unpaired) electrons. The minimum absolute atomic E-state index is 0.0377. The van der Waals surface area contributed by atoms with Gasteiger partial charge in [-0.2, -0.15) is 8.42 Å². The first-order chi connectivity index (χ1) is 15.2. The van der Waals surface area contributed by atoms with Gasteiger partial charge in [0.2, 0.25) is 0 Å². The van der Waals surface area contributed by atoms with Crippen LogP contribution in [0.25, 0.3) is 0 Å². The highest BCUT2D eigenvalue weighted by atomic mass is 32.2. The van der Waals surface area contributed by atoms with Gasteiger partial charge >= 0.3 is 16.3 Å². The van der Waals surface area contributed by atoms with Gasteiger partial charge in [0.05, 0.1) is 22.3 Å². The van der Waals surface area contributed by atoms with Crippen molar-refractivity contribution in [3.05, 3.63) is 45.9 Å². The molecular weight excluding hydrogens is 462 g/mol. The van der Waals surface area contributed by atoms with Crippen molar-refractivity contribution in [2.24, 2.45) is 17.6 Å². The zero-order valence-electron chi connectivity index (χ0n) is 20.0. The molecule has 1 aromatic carbocycles. The zero-order valence-corrected chi connectivity index (χ0v) is 21.7. The fourth-order valence-electron chi connectivity index (χ4n) is 3.65. The van der Waals surface area contributed by atoms with Gasteiger partial charge in [-0.25, -0.2) is 4.98 Å². The Morgan fingerprint density at radius 3 is 2.30 bits per heavy atom. The zero-order chi connectivity index (χ0) is 25.0. The van der Waals surface area contributed by atoms with Gasteiger partial charge in [0.25, 0.3) is 0 Å². The van der Waals surface area contributed by atoms with E-state index in [9.17, 15) is 13.2 Å². The second kappa shape index (κ2) is 10.9. The summed E-state index contributed by atoms with van der Waals surface area (Å²) in [6.07, 6.45) is 1.31. The van der Waals surface area contributed by atoms with Crippen LogP contribution >= 0.6 is 11.3 Å². The Labute approximate surface area is 200 Å². The van der Waals surface area contributed by atoms with Gasteiger partial charge in [-0.1, -0.05) is 32.9 Å². The summed E-state index contributed by atoms with van der Waals surface area (Å²) in [5.74, 6) is -1.13. The highest BCUT2D eigenvalue weighted by Gasteiger charge is 2.38. The molecule has 3 unspecified atom stereocenters. The molecule has 0 fully saturated rings. The number of aromatic nitrogens is 1. The number of aryl methyl sites for hydroxylation is 1. The molecular formula is C23H35N3O5S2. The fraction of sp³-hybridized carbons (Fsp3) is 0.565. The van der Waals surface area contributed by atoms with Crippen LogP contribution in [-0.4, -0.2) is 35.6 Å². The van der Waals surface area contributed by atoms with Crippen LogP contribution in [0.3, 0.4) is 0 Å². The normalized spacial score (nSPS) is 15.2. The SMILES string of the molecule is CCc1csc(C(Cc2ccc(NS(=O)(=O)O)cc2)C(N)C(C(=O)OC(C)(C)C)C(C)C)n1. The number of benzene rings is 1. The van der Waals surface area contributed by atoms with E-state index in [1.165, 1.54) is 11.3 Å². The maximum atomic E-state index is 13.1. The maximum absolute atomic E-state index is 13.1. The number of nitrogens with one attached hydrogen (secondary N) is 1. The third-order valence-electron chi connectivity index (χ3n) is 5.18. The minimum atomic E-state index is -4.34. The average Bonchev–Trinajstić information content (AvgIpc) is 3.13. The predicted molar refractivity (Wildman–Crippen MR) is 132 cm³/mol. The molecule has 0 amide bonds. The van der Waals surface area contributed by atoms with Crippen LogP contribution in [0.5, 0.6) is 0 Å². The molecule has 0 saturated carbocycles. The van der Waals surface area contributed by atoms with Gasteiger partial charge in [-0.3, -0.25) is 14.1 Å². The number of esters is 1. The highest BCUT2D eigenvalue weighted by Crippen LogP contribution is 2.34. The second-order valence-corrected chi connectivity index (χ2v) is 11.5. The molecule has 1 heterocycles. The molecule has 184 valence electrons. The van der Waals surface area contributed by atoms with Crippen molar-refractivity contribution < 1.29 is 22.5 Å². The Kier molecular flexibility index (Phi) is 9.03. The Morgan fingerprint density at radius 1 is 1.24 bits per heavy atom. The monoisotopic (exact) mass is 497 g/mol. The van der Waals surface area contributed by atoms with Crippen LogP contribution in [0.1, 0.15) is 63.7 Å². The maximum Gasteiger partial charge on any atom is 0.357 e. The lowest BCUT2D eigenvalue weighted by molar-refractivity contribution is -0.162. The molecule has 0 aliphatic carbocycles. The van der Waals surface area contributed by atoms with E-state index in [0.717, 1.165) is 22.7 Å². The van der Waals surface area contributed by atoms with Crippen LogP contribution in [0.15, 0.2) is 29.6 Å². The molecule has 2 aromatic rings. The number of rotatable bonds is 10. The molecule has 1 aromatic heterocycles. The number of carbonyl (C=O) groups is 1. The highest BCUT2D eigenvalue weighted by molar-refractivity contribution is 7.87. The summed E-state index contributed by atoms with van der Waals surface area (Å²) in [5.41, 5.74) is 8.27. The second-order valence-electron chi connectivity index (χ2n) is 9.50. The molecule has 0 aliphatic rings. The van der Waals surface area contributed by atoms with E-state index in [1.54, 1.807) is 24.3 Å². The van der Waals surface area contributed by atoms with Crippen molar-refractivity contribution in [2.45, 2.75) is 71.9 Å². The Balaban J connectivity index is 2.38. The smallest absolute Gasteiger partial charge is 0.357 e. The van der Waals surface area contributed by atoms with Gasteiger partial charge in [0.15, 0.2) is 0 Å². The lowest BCUT2D eigenvalue weighted by atomic mass is 9.79. The van der Waals surface area contributed by atoms with Crippen LogP contribution in [-0.2, 0) is 32.7 Å². The molecule has 2 rings (SSSR count). The topological polar surface area (TPSA) is 132 Å². The molecule has 33 heavy (non-hydrogen) atoms. The van der Waals surface area contributed by atoms with Gasteiger partial charge < -0.3 is 10.5 Å². The molecule has 8 nitrogen and oxygen atoms in total. The number of nitrogens with zero attached hydrogens (tertiary/aromatic N) is 1. The number of ether oxygens (including phenoxy) is 1. The standard InChI is InChI=1S/C23H35N3O5S2/c1-7-16-13-32-21(25-16)18(12-15-8-10-17(11-9-15)26-33(28,29)30)20(24)19(14(2)3)22(27)31-23(4,5)6/h8-11,13-14,18-20,26H,7,12,24H2,1-6H3,(H,28,29,30). The molecule has 3 atom stereocenters. The number of anilines is 1. The van der Waals surface area contributed by atoms with Crippen LogP contribution < -0.4 is 10.5 Å². The van der Waals surface area contributed by atoms with E-state index in [-0.39, 0.29) is 23.5 Å². The number of thiazole rings is 1. The van der Waals surface area contributed by atoms with Gasteiger partial charge in [0, 0.05) is 17.3 Å². The summed E-state index contributed by atoms with van der Waals surface area (Å²) >= 11 is 1.53. The van der Waals surface area contributed by atoms with E-state index < -0.39 is 27.9 Å². The third-order valence-corrected chi connectivity index (χ3v) is 6.70. The first kappa shape index (κ1) is 27.2. The predicted octanol–water partition coefficient (Wildman–Crippen LogP) is 4.19. The largest absolute Gasteiger partial charge is 0.460 e. The van der Waals surface area contributed by atoms with E-state index in [2.05, 4.69) is 0 Å². The van der Waals surface area contributed by atoms with Gasteiger partial charge in [0.1, 0.15) is 5.60 Å². The first-order valence-electron chi connectivity index (χ1n) is 11.0. The number of carbonyl (C=O) groups excluding carboxylic acids is 1. The van der Waals surface area contributed by atoms with E-state index in [4.69, 9.17) is 20.0 Å². The van der Waals surface area contributed by atoms with Crippen LogP contribution in [0.4, 0.5) is 5.69 Å². The van der Waals surface area contributed by atoms with Crippen LogP contribution in [0, 0.1) is 11.8 Å². The van der Waals surface area contributed by atoms with E-state index in [1.807, 2.05) is 51.6 Å². The minimum Gasteiger partial charge on any atom is -0.460 e. The summed E-state index contributed by atoms with van der Waals surface area (Å²) in [4.78, 5) is 17.8. The Bertz CT molecular complexity index is 1030. The molecule has 0 saturated heterocycles. The third kappa shape index (κ3) is 8.37. The van der Waals surface area contributed by atoms with Crippen molar-refractivity contribution in [3.63, 3.8) is 0 Å². The molecule has 10 heteroatoms. The van der Waals surface area contributed by atoms with Gasteiger partial charge in [-0.05, 0) is 57.2 Å². The van der Waals surface area contributed by atoms with Crippen molar-refractivity contribution in [1.82, 2.24) is 4.98 Å². The lowest BCUT2D eigenvalue weighted by Crippen LogP contribution is -2.46. The van der Waals surface area contributed by atoms with Crippen molar-refractivity contribution >= 4 is 33.3 Å². The molecule has 0 aliphatic heterocycles. The van der Waals surface area contributed by atoms with E-state index >= 15 is 0 Å². The molecule has 0 bridgehead atoms.